The number of thiophene rings is 1. The fourth-order valence-corrected chi connectivity index (χ4v) is 5.87. The largest absolute Gasteiger partial charge is 0.494 e. The Morgan fingerprint density at radius 2 is 2.13 bits per heavy atom. The molecule has 1 fully saturated rings. The van der Waals surface area contributed by atoms with E-state index in [4.69, 9.17) is 10.5 Å². The van der Waals surface area contributed by atoms with Crippen LogP contribution in [0.5, 0.6) is 5.75 Å². The highest BCUT2D eigenvalue weighted by Gasteiger charge is 2.33. The Bertz CT molecular complexity index is 1290. The monoisotopic (exact) mass is 431 g/mol. The molecule has 2 heterocycles. The van der Waals surface area contributed by atoms with Gasteiger partial charge in [0.25, 0.3) is 5.56 Å². The molecule has 4 N–H and O–H groups in total. The Balaban J connectivity index is 1.87. The first-order valence-corrected chi connectivity index (χ1v) is 10.8. The predicted molar refractivity (Wildman–Crippen MR) is 114 cm³/mol. The Morgan fingerprint density at radius 3 is 2.80 bits per heavy atom. The van der Waals surface area contributed by atoms with Crippen molar-refractivity contribution in [3.8, 4) is 16.2 Å². The maximum Gasteiger partial charge on any atom is 0.329 e. The van der Waals surface area contributed by atoms with E-state index in [1.54, 1.807) is 0 Å². The summed E-state index contributed by atoms with van der Waals surface area (Å²) in [4.78, 5) is 29.1. The third-order valence-electron chi connectivity index (χ3n) is 6.13. The summed E-state index contributed by atoms with van der Waals surface area (Å²) in [7, 11) is 1.40. The number of aliphatic hydroxyl groups is 1. The number of benzene rings is 1. The molecule has 2 aliphatic rings. The van der Waals surface area contributed by atoms with Gasteiger partial charge in [-0.05, 0) is 43.7 Å². The number of H-pyrrole nitrogens is 1. The number of nitrogens with one attached hydrogen (secondary N) is 1. The van der Waals surface area contributed by atoms with Gasteiger partial charge in [0.15, 0.2) is 11.6 Å². The summed E-state index contributed by atoms with van der Waals surface area (Å²) in [6.45, 7) is 0.0409. The van der Waals surface area contributed by atoms with Crippen LogP contribution in [0, 0.1) is 5.82 Å². The van der Waals surface area contributed by atoms with E-state index in [-0.39, 0.29) is 46.5 Å². The molecule has 158 valence electrons. The van der Waals surface area contributed by atoms with Gasteiger partial charge in [-0.2, -0.15) is 0 Å². The normalized spacial score (nSPS) is 18.6. The lowest BCUT2D eigenvalue weighted by Crippen LogP contribution is -2.31. The minimum absolute atomic E-state index is 0.0260. The highest BCUT2D eigenvalue weighted by molar-refractivity contribution is 7.15. The second-order valence-electron chi connectivity index (χ2n) is 7.98. The smallest absolute Gasteiger partial charge is 0.329 e. The molecule has 3 aromatic rings. The Kier molecular flexibility index (Phi) is 4.48. The number of rotatable bonds is 4. The molecule has 1 aromatic carbocycles. The van der Waals surface area contributed by atoms with Crippen molar-refractivity contribution < 1.29 is 14.2 Å². The van der Waals surface area contributed by atoms with E-state index in [0.717, 1.165) is 42.5 Å². The first-order chi connectivity index (χ1) is 14.5. The second kappa shape index (κ2) is 6.95. The molecule has 0 aliphatic heterocycles. The Morgan fingerprint density at radius 1 is 1.37 bits per heavy atom. The van der Waals surface area contributed by atoms with Crippen LogP contribution in [-0.4, -0.2) is 28.4 Å². The van der Waals surface area contributed by atoms with Crippen LogP contribution < -0.4 is 21.7 Å². The van der Waals surface area contributed by atoms with E-state index >= 15 is 4.39 Å². The molecule has 0 bridgehead atoms. The quantitative estimate of drug-likeness (QED) is 0.550. The number of nitrogen functional groups attached to an aromatic ring is 1. The molecule has 2 aliphatic carbocycles. The molecule has 30 heavy (non-hydrogen) atoms. The average molecular weight is 431 g/mol. The molecule has 7 nitrogen and oxygen atoms in total. The predicted octanol–water partition coefficient (Wildman–Crippen LogP) is 2.90. The number of methoxy groups -OCH3 is 1. The summed E-state index contributed by atoms with van der Waals surface area (Å²) in [6.07, 6.45) is 4.31. The minimum Gasteiger partial charge on any atom is -0.494 e. The van der Waals surface area contributed by atoms with Gasteiger partial charge in [0.2, 0.25) is 0 Å². The van der Waals surface area contributed by atoms with Gasteiger partial charge in [-0.3, -0.25) is 14.3 Å². The Labute approximate surface area is 174 Å². The summed E-state index contributed by atoms with van der Waals surface area (Å²) < 4.78 is 22.6. The van der Waals surface area contributed by atoms with Gasteiger partial charge in [-0.25, -0.2) is 9.18 Å². The van der Waals surface area contributed by atoms with Gasteiger partial charge in [-0.1, -0.05) is 0 Å². The molecule has 1 atom stereocenters. The van der Waals surface area contributed by atoms with E-state index in [1.807, 2.05) is 6.07 Å². The SMILES string of the molecule is COc1c(-c2cc3c(s2)CCCC3CO)c(F)c(N)c2c(=O)[nH]c(=O)n(C3CC3)c12. The van der Waals surface area contributed by atoms with Crippen molar-refractivity contribution in [3.63, 3.8) is 0 Å². The van der Waals surface area contributed by atoms with Crippen molar-refractivity contribution in [3.05, 3.63) is 43.2 Å². The lowest BCUT2D eigenvalue weighted by molar-refractivity contribution is 0.253. The summed E-state index contributed by atoms with van der Waals surface area (Å²) in [5.74, 6) is -0.561. The van der Waals surface area contributed by atoms with Gasteiger partial charge in [-0.15, -0.1) is 11.3 Å². The molecule has 0 saturated heterocycles. The number of aromatic amines is 1. The zero-order chi connectivity index (χ0) is 21.2. The highest BCUT2D eigenvalue weighted by Crippen LogP contribution is 2.48. The molecular formula is C21H22FN3O4S. The third kappa shape index (κ3) is 2.72. The first-order valence-electron chi connectivity index (χ1n) is 10.0. The summed E-state index contributed by atoms with van der Waals surface area (Å²) in [6, 6.07) is 1.82. The van der Waals surface area contributed by atoms with Crippen molar-refractivity contribution in [1.29, 1.82) is 0 Å². The van der Waals surface area contributed by atoms with Gasteiger partial charge in [0.1, 0.15) is 5.52 Å². The molecule has 5 rings (SSSR count). The second-order valence-corrected chi connectivity index (χ2v) is 9.12. The number of nitrogens with two attached hydrogens (primary N) is 1. The van der Waals surface area contributed by atoms with E-state index in [0.29, 0.717) is 4.88 Å². The van der Waals surface area contributed by atoms with Gasteiger partial charge >= 0.3 is 5.69 Å². The fourth-order valence-electron chi connectivity index (χ4n) is 4.55. The van der Waals surface area contributed by atoms with E-state index < -0.39 is 17.1 Å². The van der Waals surface area contributed by atoms with E-state index in [1.165, 1.54) is 23.0 Å². The van der Waals surface area contributed by atoms with Gasteiger partial charge in [0.05, 0.1) is 23.7 Å². The number of aliphatic hydroxyl groups excluding tert-OH is 1. The lowest BCUT2D eigenvalue weighted by atomic mass is 9.88. The average Bonchev–Trinajstić information content (AvgIpc) is 3.46. The molecule has 0 radical (unpaired) electrons. The zero-order valence-corrected chi connectivity index (χ0v) is 17.3. The Hall–Kier alpha value is -2.65. The molecular weight excluding hydrogens is 409 g/mol. The number of halogens is 1. The van der Waals surface area contributed by atoms with Crippen LogP contribution in [0.4, 0.5) is 10.1 Å². The van der Waals surface area contributed by atoms with Crippen molar-refractivity contribution in [2.24, 2.45) is 0 Å². The molecule has 1 saturated carbocycles. The number of aryl methyl sites for hydroxylation is 1. The molecule has 2 aromatic heterocycles. The topological polar surface area (TPSA) is 110 Å². The fraction of sp³-hybridized carbons (Fsp3) is 0.429. The van der Waals surface area contributed by atoms with Gasteiger partial charge < -0.3 is 15.6 Å². The van der Waals surface area contributed by atoms with Crippen LogP contribution in [0.15, 0.2) is 15.7 Å². The van der Waals surface area contributed by atoms with Crippen molar-refractivity contribution in [2.45, 2.75) is 44.1 Å². The van der Waals surface area contributed by atoms with Crippen molar-refractivity contribution >= 4 is 27.9 Å². The van der Waals surface area contributed by atoms with Crippen LogP contribution in [0.3, 0.4) is 0 Å². The van der Waals surface area contributed by atoms with Crippen LogP contribution in [0.25, 0.3) is 21.3 Å². The standard InChI is InChI=1S/C21H22FN3O4S/c1-29-19-14(13-7-11-9(8-26)3-2-4-12(11)30-13)16(22)17(23)15-18(19)25(10-5-6-10)21(28)24-20(15)27/h7,9-10,26H,2-6,8,23H2,1H3,(H,24,27,28). The van der Waals surface area contributed by atoms with Crippen molar-refractivity contribution in [2.75, 3.05) is 19.5 Å². The number of hydrogen-bond acceptors (Lipinski definition) is 6. The van der Waals surface area contributed by atoms with Gasteiger partial charge in [0, 0.05) is 28.3 Å². The number of anilines is 1. The summed E-state index contributed by atoms with van der Waals surface area (Å²) >= 11 is 1.45. The number of hydrogen-bond donors (Lipinski definition) is 3. The van der Waals surface area contributed by atoms with Crippen molar-refractivity contribution in [1.82, 2.24) is 9.55 Å². The molecule has 0 spiro atoms. The summed E-state index contributed by atoms with van der Waals surface area (Å²) in [5.41, 5.74) is 5.97. The number of fused-ring (bicyclic) bond motifs is 2. The lowest BCUT2D eigenvalue weighted by Gasteiger charge is -2.19. The van der Waals surface area contributed by atoms with Crippen LogP contribution in [0.2, 0.25) is 0 Å². The maximum absolute atomic E-state index is 15.5. The third-order valence-corrected chi connectivity index (χ3v) is 7.36. The molecule has 9 heteroatoms. The van der Waals surface area contributed by atoms with E-state index in [9.17, 15) is 14.7 Å². The molecule has 0 amide bonds. The van der Waals surface area contributed by atoms with E-state index in [2.05, 4.69) is 4.98 Å². The van der Waals surface area contributed by atoms with Crippen LogP contribution in [0.1, 0.15) is 48.1 Å². The minimum atomic E-state index is -0.731. The first kappa shape index (κ1) is 19.3. The maximum atomic E-state index is 15.5. The van der Waals surface area contributed by atoms with Crippen LogP contribution >= 0.6 is 11.3 Å². The number of aromatic nitrogens is 2. The highest BCUT2D eigenvalue weighted by atomic mass is 32.1. The zero-order valence-electron chi connectivity index (χ0n) is 16.5. The number of nitrogens with zero attached hydrogens (tertiary/aromatic N) is 1. The summed E-state index contributed by atoms with van der Waals surface area (Å²) in [5, 5.41) is 9.67. The molecule has 1 unspecified atom stereocenters. The number of ether oxygens (including phenoxy) is 1. The van der Waals surface area contributed by atoms with Crippen LogP contribution in [-0.2, 0) is 6.42 Å².